The molecule has 4 rings (SSSR count). The average molecular weight is 571 g/mol. The Morgan fingerprint density at radius 2 is 1.97 bits per heavy atom. The summed E-state index contributed by atoms with van der Waals surface area (Å²) in [6.45, 7) is 7.67. The van der Waals surface area contributed by atoms with Crippen LogP contribution in [0.2, 0.25) is 4.34 Å². The van der Waals surface area contributed by atoms with Crippen molar-refractivity contribution in [1.82, 2.24) is 14.2 Å². The van der Waals surface area contributed by atoms with Gasteiger partial charge in [-0.1, -0.05) is 42.9 Å². The van der Waals surface area contributed by atoms with E-state index in [2.05, 4.69) is 18.7 Å². The van der Waals surface area contributed by atoms with E-state index in [1.807, 2.05) is 18.2 Å². The lowest BCUT2D eigenvalue weighted by Gasteiger charge is -2.34. The smallest absolute Gasteiger partial charge is 0.252 e. The predicted molar refractivity (Wildman–Crippen MR) is 147 cm³/mol. The van der Waals surface area contributed by atoms with Crippen molar-refractivity contribution < 1.29 is 17.9 Å². The Balaban J connectivity index is 1.62. The summed E-state index contributed by atoms with van der Waals surface area (Å²) < 4.78 is 34.9. The molecule has 1 unspecified atom stereocenters. The molecule has 1 saturated heterocycles. The van der Waals surface area contributed by atoms with E-state index in [1.54, 1.807) is 18.1 Å². The number of anilines is 1. The van der Waals surface area contributed by atoms with Crippen LogP contribution in [0.3, 0.4) is 0 Å². The van der Waals surface area contributed by atoms with Crippen molar-refractivity contribution in [3.63, 3.8) is 0 Å². The Hall–Kier alpha value is -1.76. The number of thiophene rings is 1. The monoisotopic (exact) mass is 570 g/mol. The summed E-state index contributed by atoms with van der Waals surface area (Å²) in [4.78, 5) is 22.7. The fraction of sp³-hybridized carbons (Fsp3) is 0.500. The van der Waals surface area contributed by atoms with Gasteiger partial charge in [0.25, 0.3) is 10.0 Å². The summed E-state index contributed by atoms with van der Waals surface area (Å²) in [7, 11) is -2.10. The highest BCUT2D eigenvalue weighted by Crippen LogP contribution is 2.36. The molecule has 1 aromatic carbocycles. The zero-order valence-corrected chi connectivity index (χ0v) is 23.9. The molecule has 0 saturated carbocycles. The van der Waals surface area contributed by atoms with E-state index in [1.165, 1.54) is 21.7 Å². The van der Waals surface area contributed by atoms with Gasteiger partial charge in [0.05, 0.1) is 22.1 Å². The van der Waals surface area contributed by atoms with Crippen molar-refractivity contribution in [3.8, 4) is 5.75 Å². The standard InChI is InChI=1S/C24H31ClN4O4S3/c1-4-27(5-2)14-15-29(24-26-22-18(33-3)9-6-10-19(22)34-24)23(30)17-8-7-13-28(16-17)36(31,32)21-12-11-20(25)35-21/h6,9-12,17H,4-5,7-8,13-16H2,1-3H3. The largest absolute Gasteiger partial charge is 0.494 e. The first kappa shape index (κ1) is 27.3. The Labute approximate surface area is 225 Å². The molecule has 196 valence electrons. The van der Waals surface area contributed by atoms with E-state index in [0.717, 1.165) is 34.6 Å². The first-order valence-electron chi connectivity index (χ1n) is 12.0. The molecule has 1 aliphatic heterocycles. The number of halogens is 1. The molecule has 0 N–H and O–H groups in total. The predicted octanol–water partition coefficient (Wildman–Crippen LogP) is 4.80. The van der Waals surface area contributed by atoms with Crippen LogP contribution in [-0.4, -0.2) is 74.9 Å². The third-order valence-corrected chi connectivity index (χ3v) is 11.1. The van der Waals surface area contributed by atoms with Crippen LogP contribution in [0.5, 0.6) is 5.75 Å². The van der Waals surface area contributed by atoms with Gasteiger partial charge >= 0.3 is 0 Å². The number of carbonyl (C=O) groups excluding carboxylic acids is 1. The maximum atomic E-state index is 13.9. The number of benzene rings is 1. The van der Waals surface area contributed by atoms with E-state index < -0.39 is 15.9 Å². The minimum absolute atomic E-state index is 0.0932. The molecular weight excluding hydrogens is 540 g/mol. The number of carbonyl (C=O) groups is 1. The van der Waals surface area contributed by atoms with Crippen LogP contribution in [0.25, 0.3) is 10.2 Å². The average Bonchev–Trinajstić information content (AvgIpc) is 3.53. The highest BCUT2D eigenvalue weighted by atomic mass is 35.5. The number of sulfonamides is 1. The van der Waals surface area contributed by atoms with E-state index in [9.17, 15) is 13.2 Å². The molecule has 1 aliphatic rings. The van der Waals surface area contributed by atoms with Gasteiger partial charge in [-0.05, 0) is 50.2 Å². The molecule has 0 aliphatic carbocycles. The third-order valence-electron chi connectivity index (χ3n) is 6.50. The Kier molecular flexibility index (Phi) is 8.90. The molecule has 0 radical (unpaired) electrons. The highest BCUT2D eigenvalue weighted by molar-refractivity contribution is 7.91. The number of hydrogen-bond donors (Lipinski definition) is 0. The molecule has 3 heterocycles. The van der Waals surface area contributed by atoms with Gasteiger partial charge in [0.1, 0.15) is 15.5 Å². The van der Waals surface area contributed by atoms with Gasteiger partial charge in [0.2, 0.25) is 5.91 Å². The molecule has 0 bridgehead atoms. The number of likely N-dealkylation sites (N-methyl/N-ethyl adjacent to an activating group) is 1. The molecule has 1 atom stereocenters. The van der Waals surface area contributed by atoms with Crippen LogP contribution in [0.4, 0.5) is 5.13 Å². The summed E-state index contributed by atoms with van der Waals surface area (Å²) in [5.74, 6) is 0.120. The second-order valence-electron chi connectivity index (χ2n) is 8.58. The van der Waals surface area contributed by atoms with Crippen LogP contribution in [0, 0.1) is 5.92 Å². The fourth-order valence-electron chi connectivity index (χ4n) is 4.42. The number of methoxy groups -OCH3 is 1. The number of ether oxygens (including phenoxy) is 1. The quantitative estimate of drug-likeness (QED) is 0.348. The van der Waals surface area contributed by atoms with Crippen molar-refractivity contribution in [2.75, 3.05) is 51.3 Å². The summed E-state index contributed by atoms with van der Waals surface area (Å²) in [5.41, 5.74) is 0.725. The van der Waals surface area contributed by atoms with Gasteiger partial charge in [-0.3, -0.25) is 9.69 Å². The van der Waals surface area contributed by atoms with Crippen molar-refractivity contribution in [2.45, 2.75) is 30.9 Å². The number of amides is 1. The van der Waals surface area contributed by atoms with Crippen molar-refractivity contribution in [3.05, 3.63) is 34.7 Å². The fourth-order valence-corrected chi connectivity index (χ4v) is 8.59. The SMILES string of the molecule is CCN(CC)CCN(C(=O)C1CCCN(S(=O)(=O)c2ccc(Cl)s2)C1)c1nc2c(OC)cccc2s1. The molecule has 1 amide bonds. The van der Waals surface area contributed by atoms with E-state index in [0.29, 0.717) is 47.7 Å². The van der Waals surface area contributed by atoms with Crippen molar-refractivity contribution in [2.24, 2.45) is 5.92 Å². The molecule has 12 heteroatoms. The molecule has 36 heavy (non-hydrogen) atoms. The number of thiazole rings is 1. The first-order chi connectivity index (χ1) is 17.3. The number of aromatic nitrogens is 1. The van der Waals surface area contributed by atoms with Gasteiger partial charge < -0.3 is 9.64 Å². The molecular formula is C24H31ClN4O4S3. The summed E-state index contributed by atoms with van der Waals surface area (Å²) in [5, 5.41) is 0.608. The van der Waals surface area contributed by atoms with E-state index in [-0.39, 0.29) is 16.7 Å². The van der Waals surface area contributed by atoms with Crippen LogP contribution in [0.1, 0.15) is 26.7 Å². The van der Waals surface area contributed by atoms with Gasteiger partial charge in [0, 0.05) is 26.2 Å². The Morgan fingerprint density at radius 1 is 1.19 bits per heavy atom. The summed E-state index contributed by atoms with van der Waals surface area (Å²) in [6.07, 6.45) is 1.25. The van der Waals surface area contributed by atoms with Crippen LogP contribution >= 0.6 is 34.3 Å². The second-order valence-corrected chi connectivity index (χ2v) is 13.5. The topological polar surface area (TPSA) is 83.0 Å². The van der Waals surface area contributed by atoms with Gasteiger partial charge in [-0.25, -0.2) is 13.4 Å². The zero-order valence-electron chi connectivity index (χ0n) is 20.6. The minimum atomic E-state index is -3.70. The lowest BCUT2D eigenvalue weighted by atomic mass is 9.98. The van der Waals surface area contributed by atoms with Gasteiger partial charge in [-0.15, -0.1) is 11.3 Å². The van der Waals surface area contributed by atoms with E-state index in [4.69, 9.17) is 21.3 Å². The summed E-state index contributed by atoms with van der Waals surface area (Å²) in [6, 6.07) is 8.84. The molecule has 8 nitrogen and oxygen atoms in total. The number of rotatable bonds is 10. The van der Waals surface area contributed by atoms with Gasteiger partial charge in [0.15, 0.2) is 5.13 Å². The van der Waals surface area contributed by atoms with Gasteiger partial charge in [-0.2, -0.15) is 4.31 Å². The second kappa shape index (κ2) is 11.7. The van der Waals surface area contributed by atoms with Crippen molar-refractivity contribution in [1.29, 1.82) is 0 Å². The number of hydrogen-bond acceptors (Lipinski definition) is 8. The van der Waals surface area contributed by atoms with Crippen LogP contribution in [-0.2, 0) is 14.8 Å². The number of piperidine rings is 1. The molecule has 1 fully saturated rings. The number of para-hydroxylation sites is 1. The third kappa shape index (κ3) is 5.71. The van der Waals surface area contributed by atoms with E-state index >= 15 is 0 Å². The maximum absolute atomic E-state index is 13.9. The lowest BCUT2D eigenvalue weighted by Crippen LogP contribution is -2.48. The lowest BCUT2D eigenvalue weighted by molar-refractivity contribution is -0.123. The van der Waals surface area contributed by atoms with Crippen LogP contribution < -0.4 is 9.64 Å². The first-order valence-corrected chi connectivity index (χ1v) is 15.5. The minimum Gasteiger partial charge on any atom is -0.494 e. The Bertz CT molecular complexity index is 1310. The zero-order chi connectivity index (χ0) is 25.9. The maximum Gasteiger partial charge on any atom is 0.252 e. The molecule has 2 aromatic heterocycles. The molecule has 3 aromatic rings. The van der Waals surface area contributed by atoms with Crippen molar-refractivity contribution >= 4 is 65.6 Å². The van der Waals surface area contributed by atoms with Crippen LogP contribution in [0.15, 0.2) is 34.5 Å². The normalized spacial score (nSPS) is 17.1. The summed E-state index contributed by atoms with van der Waals surface area (Å²) >= 11 is 8.48. The molecule has 0 spiro atoms. The highest BCUT2D eigenvalue weighted by Gasteiger charge is 2.37. The Morgan fingerprint density at radius 3 is 2.64 bits per heavy atom. The number of fused-ring (bicyclic) bond motifs is 1. The number of nitrogens with zero attached hydrogens (tertiary/aromatic N) is 4.